The van der Waals surface area contributed by atoms with Crippen LogP contribution in [0.25, 0.3) is 0 Å². The van der Waals surface area contributed by atoms with Gasteiger partial charge in [-0.3, -0.25) is 19.6 Å². The summed E-state index contributed by atoms with van der Waals surface area (Å²) >= 11 is 2.89. The van der Waals surface area contributed by atoms with E-state index in [1.165, 1.54) is 11.8 Å². The van der Waals surface area contributed by atoms with Crippen LogP contribution >= 0.6 is 35.9 Å². The van der Waals surface area contributed by atoms with Crippen molar-refractivity contribution < 1.29 is 24.6 Å². The molecule has 9 nitrogen and oxygen atoms in total. The summed E-state index contributed by atoms with van der Waals surface area (Å²) in [6.45, 7) is 0.330. The molecular formula is C16H23ClN4O5S2. The van der Waals surface area contributed by atoms with Crippen molar-refractivity contribution in [2.75, 3.05) is 18.7 Å². The fourth-order valence-electron chi connectivity index (χ4n) is 4.06. The molecule has 0 aromatic heterocycles. The van der Waals surface area contributed by atoms with E-state index in [0.29, 0.717) is 23.9 Å². The van der Waals surface area contributed by atoms with Crippen LogP contribution in [0.5, 0.6) is 0 Å². The van der Waals surface area contributed by atoms with E-state index in [1.54, 1.807) is 18.0 Å². The standard InChI is InChI=1S/C16H22N4O5S2.ClH/c1-26-3-2-7(17)13(21)20-16(15(24)25)4-8(27-9-5-18-6-19-9)10-11(12(10)16)14(22)23;/h5,7-8,10-12H,2-4,6,17H2,1H3,(H,20,21)(H,22,23)(H,24,25);1H/t7-,8+,10-,11-,12-,16-;/m0./s1. The van der Waals surface area contributed by atoms with Gasteiger partial charge in [-0.2, -0.15) is 11.8 Å². The lowest BCUT2D eigenvalue weighted by atomic mass is 9.89. The molecule has 2 saturated carbocycles. The Morgan fingerprint density at radius 1 is 1.43 bits per heavy atom. The number of carbonyl (C=O) groups excluding carboxylic acids is 1. The molecule has 2 fully saturated rings. The number of amides is 1. The average Bonchev–Trinajstić information content (AvgIpc) is 3.02. The molecule has 0 saturated heterocycles. The molecule has 1 amide bonds. The van der Waals surface area contributed by atoms with E-state index in [1.807, 2.05) is 6.26 Å². The molecule has 28 heavy (non-hydrogen) atoms. The number of aliphatic imine (C=N–C) groups is 2. The maximum absolute atomic E-state index is 12.5. The van der Waals surface area contributed by atoms with Gasteiger partial charge in [0.25, 0.3) is 0 Å². The first-order valence-electron chi connectivity index (χ1n) is 8.55. The number of thioether (sulfide) groups is 2. The zero-order valence-electron chi connectivity index (χ0n) is 15.1. The SMILES string of the molecule is CSCC[C@H](N)C(=O)N[C@@]1(C(=O)O)C[C@@H](SC2=NCN=C2)[C@H]2[C@H](C(=O)O)[C@H]21.Cl. The van der Waals surface area contributed by atoms with E-state index >= 15 is 0 Å². The Morgan fingerprint density at radius 3 is 2.68 bits per heavy atom. The van der Waals surface area contributed by atoms with Crippen molar-refractivity contribution in [3.8, 4) is 0 Å². The second kappa shape index (κ2) is 9.02. The Hall–Kier alpha value is -1.30. The van der Waals surface area contributed by atoms with Crippen LogP contribution in [0.1, 0.15) is 12.8 Å². The third-order valence-electron chi connectivity index (χ3n) is 5.36. The van der Waals surface area contributed by atoms with Crippen LogP contribution in [0.2, 0.25) is 0 Å². The number of halogens is 1. The van der Waals surface area contributed by atoms with Crippen molar-refractivity contribution >= 4 is 65.0 Å². The van der Waals surface area contributed by atoms with Crippen molar-refractivity contribution in [2.45, 2.75) is 29.7 Å². The van der Waals surface area contributed by atoms with Gasteiger partial charge in [-0.15, -0.1) is 24.2 Å². The average molecular weight is 451 g/mol. The first kappa shape index (κ1) is 23.0. The first-order valence-corrected chi connectivity index (χ1v) is 10.8. The van der Waals surface area contributed by atoms with Crippen LogP contribution in [0.15, 0.2) is 9.98 Å². The third kappa shape index (κ3) is 4.17. The summed E-state index contributed by atoms with van der Waals surface area (Å²) in [7, 11) is 0. The normalized spacial score (nSPS) is 33.4. The fourth-order valence-corrected chi connectivity index (χ4v) is 5.97. The summed E-state index contributed by atoms with van der Waals surface area (Å²) in [4.78, 5) is 44.5. The molecule has 12 heteroatoms. The number of fused-ring (bicyclic) bond motifs is 1. The maximum atomic E-state index is 12.5. The Bertz CT molecular complexity index is 721. The van der Waals surface area contributed by atoms with E-state index in [-0.39, 0.29) is 30.0 Å². The highest BCUT2D eigenvalue weighted by Gasteiger charge is 2.75. The molecule has 0 unspecified atom stereocenters. The van der Waals surface area contributed by atoms with Gasteiger partial charge in [0, 0.05) is 11.2 Å². The molecule has 156 valence electrons. The number of aliphatic carboxylic acids is 2. The Kier molecular flexibility index (Phi) is 7.40. The topological polar surface area (TPSA) is 154 Å². The fraction of sp³-hybridized carbons (Fsp3) is 0.688. The van der Waals surface area contributed by atoms with Gasteiger partial charge in [0.15, 0.2) is 0 Å². The Morgan fingerprint density at radius 2 is 2.14 bits per heavy atom. The molecular weight excluding hydrogens is 428 g/mol. The molecule has 6 atom stereocenters. The number of nitrogens with two attached hydrogens (primary N) is 1. The number of nitrogens with one attached hydrogen (secondary N) is 1. The zero-order valence-corrected chi connectivity index (χ0v) is 17.6. The lowest BCUT2D eigenvalue weighted by Crippen LogP contribution is -2.59. The number of rotatable bonds is 8. The molecule has 1 aliphatic heterocycles. The quantitative estimate of drug-likeness (QED) is 0.412. The molecule has 3 aliphatic rings. The molecule has 0 aromatic rings. The minimum absolute atomic E-state index is 0. The minimum Gasteiger partial charge on any atom is -0.481 e. The molecule has 0 bridgehead atoms. The number of carboxylic acid groups (broad SMARTS) is 2. The van der Waals surface area contributed by atoms with Crippen LogP contribution in [-0.4, -0.2) is 74.8 Å². The van der Waals surface area contributed by atoms with Crippen LogP contribution < -0.4 is 11.1 Å². The number of hydrogen-bond acceptors (Lipinski definition) is 8. The minimum atomic E-state index is -1.62. The highest BCUT2D eigenvalue weighted by Crippen LogP contribution is 2.65. The van der Waals surface area contributed by atoms with E-state index < -0.39 is 41.3 Å². The third-order valence-corrected chi connectivity index (χ3v) is 7.27. The molecule has 3 rings (SSSR count). The van der Waals surface area contributed by atoms with Crippen LogP contribution in [0.3, 0.4) is 0 Å². The van der Waals surface area contributed by atoms with Gasteiger partial charge in [-0.1, -0.05) is 0 Å². The Balaban J connectivity index is 0.00000280. The van der Waals surface area contributed by atoms with Gasteiger partial charge in [0.1, 0.15) is 17.3 Å². The molecule has 0 radical (unpaired) electrons. The molecule has 5 N–H and O–H groups in total. The predicted octanol–water partition coefficient (Wildman–Crippen LogP) is 0.321. The second-order valence-electron chi connectivity index (χ2n) is 6.93. The smallest absolute Gasteiger partial charge is 0.329 e. The summed E-state index contributed by atoms with van der Waals surface area (Å²) in [5, 5.41) is 22.4. The lowest BCUT2D eigenvalue weighted by molar-refractivity contribution is -0.150. The van der Waals surface area contributed by atoms with Crippen molar-refractivity contribution in [1.29, 1.82) is 0 Å². The first-order chi connectivity index (χ1) is 12.8. The number of nitrogens with zero attached hydrogens (tertiary/aromatic N) is 2. The van der Waals surface area contributed by atoms with Gasteiger partial charge in [0.2, 0.25) is 5.91 Å². The summed E-state index contributed by atoms with van der Waals surface area (Å²) in [5.74, 6) is -3.90. The number of carbonyl (C=O) groups is 3. The maximum Gasteiger partial charge on any atom is 0.329 e. The summed E-state index contributed by atoms with van der Waals surface area (Å²) < 4.78 is 0. The molecule has 1 heterocycles. The van der Waals surface area contributed by atoms with Crippen molar-refractivity contribution in [3.05, 3.63) is 0 Å². The van der Waals surface area contributed by atoms with E-state index in [0.717, 1.165) is 0 Å². The van der Waals surface area contributed by atoms with Gasteiger partial charge in [-0.05, 0) is 30.8 Å². The molecule has 0 spiro atoms. The summed E-state index contributed by atoms with van der Waals surface area (Å²) in [6.07, 6.45) is 4.06. The largest absolute Gasteiger partial charge is 0.481 e. The number of hydrogen-bond donors (Lipinski definition) is 4. The van der Waals surface area contributed by atoms with Crippen molar-refractivity contribution in [1.82, 2.24) is 5.32 Å². The second-order valence-corrected chi connectivity index (χ2v) is 9.18. The zero-order chi connectivity index (χ0) is 19.8. The number of carboxylic acids is 2. The summed E-state index contributed by atoms with van der Waals surface area (Å²) in [6, 6.07) is -0.827. The van der Waals surface area contributed by atoms with Crippen LogP contribution in [0.4, 0.5) is 0 Å². The van der Waals surface area contributed by atoms with Gasteiger partial charge < -0.3 is 21.3 Å². The lowest BCUT2D eigenvalue weighted by Gasteiger charge is -2.31. The van der Waals surface area contributed by atoms with Crippen molar-refractivity contribution in [2.24, 2.45) is 33.5 Å². The predicted molar refractivity (Wildman–Crippen MR) is 112 cm³/mol. The van der Waals surface area contributed by atoms with Gasteiger partial charge in [0.05, 0.1) is 18.2 Å². The highest BCUT2D eigenvalue weighted by atomic mass is 35.5. The van der Waals surface area contributed by atoms with Gasteiger partial charge in [-0.25, -0.2) is 4.79 Å². The van der Waals surface area contributed by atoms with Gasteiger partial charge >= 0.3 is 11.9 Å². The van der Waals surface area contributed by atoms with Crippen LogP contribution in [-0.2, 0) is 14.4 Å². The monoisotopic (exact) mass is 450 g/mol. The molecule has 0 aromatic carbocycles. The van der Waals surface area contributed by atoms with Crippen LogP contribution in [0, 0.1) is 17.8 Å². The van der Waals surface area contributed by atoms with E-state index in [9.17, 15) is 24.6 Å². The highest BCUT2D eigenvalue weighted by molar-refractivity contribution is 8.16. The van der Waals surface area contributed by atoms with E-state index in [2.05, 4.69) is 15.3 Å². The van der Waals surface area contributed by atoms with E-state index in [4.69, 9.17) is 5.73 Å². The van der Waals surface area contributed by atoms with Crippen molar-refractivity contribution in [3.63, 3.8) is 0 Å². The Labute approximate surface area is 176 Å². The molecule has 2 aliphatic carbocycles. The summed E-state index contributed by atoms with van der Waals surface area (Å²) in [5.41, 5.74) is 4.27.